The molecule has 0 aromatic heterocycles. The Balaban J connectivity index is 1.89. The Hall–Kier alpha value is -2.21. The van der Waals surface area contributed by atoms with E-state index in [4.69, 9.17) is 4.74 Å². The van der Waals surface area contributed by atoms with Crippen LogP contribution < -0.4 is 14.8 Å². The molecule has 0 spiro atoms. The summed E-state index contributed by atoms with van der Waals surface area (Å²) in [6.45, 7) is 3.15. The first-order chi connectivity index (χ1) is 14.9. The molecule has 1 aliphatic rings. The molecule has 31 heavy (non-hydrogen) atoms. The molecule has 3 atom stereocenters. The molecule has 3 unspecified atom stereocenters. The van der Waals surface area contributed by atoms with Crippen LogP contribution in [0.3, 0.4) is 0 Å². The zero-order valence-electron chi connectivity index (χ0n) is 18.3. The van der Waals surface area contributed by atoms with Crippen molar-refractivity contribution in [3.05, 3.63) is 59.7 Å². The average Bonchev–Trinajstić information content (AvgIpc) is 2.76. The molecule has 0 amide bonds. The third kappa shape index (κ3) is 6.63. The van der Waals surface area contributed by atoms with Crippen LogP contribution in [0.1, 0.15) is 56.2 Å². The van der Waals surface area contributed by atoms with Crippen LogP contribution in [0.4, 0.5) is 13.2 Å². The van der Waals surface area contributed by atoms with Crippen molar-refractivity contribution >= 4 is 0 Å². The average molecular weight is 436 g/mol. The summed E-state index contributed by atoms with van der Waals surface area (Å²) in [5, 5.41) is 3.69. The van der Waals surface area contributed by atoms with Crippen molar-refractivity contribution in [2.75, 3.05) is 13.7 Å². The minimum Gasteiger partial charge on any atom is -0.496 e. The first-order valence-corrected chi connectivity index (χ1v) is 11.1. The van der Waals surface area contributed by atoms with E-state index in [1.165, 1.54) is 17.7 Å². The number of piperidine rings is 1. The lowest BCUT2D eigenvalue weighted by molar-refractivity contribution is -0.274. The van der Waals surface area contributed by atoms with Gasteiger partial charge in [0.2, 0.25) is 0 Å². The third-order valence-corrected chi connectivity index (χ3v) is 6.17. The van der Waals surface area contributed by atoms with Crippen LogP contribution in [0.25, 0.3) is 0 Å². The van der Waals surface area contributed by atoms with E-state index in [1.54, 1.807) is 13.2 Å². The molecule has 0 aliphatic carbocycles. The lowest BCUT2D eigenvalue weighted by Gasteiger charge is -2.39. The molecule has 6 heteroatoms. The van der Waals surface area contributed by atoms with Crippen LogP contribution in [0.15, 0.2) is 48.5 Å². The molecule has 1 saturated heterocycles. The lowest BCUT2D eigenvalue weighted by Crippen LogP contribution is -2.38. The fourth-order valence-electron chi connectivity index (χ4n) is 4.77. The van der Waals surface area contributed by atoms with Crippen LogP contribution in [0, 0.1) is 11.8 Å². The topological polar surface area (TPSA) is 30.5 Å². The number of hydrogen-bond acceptors (Lipinski definition) is 3. The fourth-order valence-corrected chi connectivity index (χ4v) is 4.77. The van der Waals surface area contributed by atoms with Gasteiger partial charge in [-0.1, -0.05) is 50.1 Å². The second kappa shape index (κ2) is 10.9. The number of ether oxygens (including phenoxy) is 2. The zero-order chi connectivity index (χ0) is 22.3. The first kappa shape index (κ1) is 23.5. The van der Waals surface area contributed by atoms with E-state index in [0.29, 0.717) is 24.0 Å². The van der Waals surface area contributed by atoms with Gasteiger partial charge in [0, 0.05) is 6.04 Å². The molecule has 1 heterocycles. The number of hydrogen-bond donors (Lipinski definition) is 1. The smallest absolute Gasteiger partial charge is 0.496 e. The molecule has 0 bridgehead atoms. The van der Waals surface area contributed by atoms with Crippen LogP contribution in [0.2, 0.25) is 0 Å². The molecule has 0 saturated carbocycles. The molecule has 170 valence electrons. The van der Waals surface area contributed by atoms with Crippen molar-refractivity contribution in [2.24, 2.45) is 11.8 Å². The lowest BCUT2D eigenvalue weighted by atomic mass is 9.73. The van der Waals surface area contributed by atoms with Crippen LogP contribution in [-0.4, -0.2) is 20.0 Å². The van der Waals surface area contributed by atoms with E-state index in [2.05, 4.69) is 41.2 Å². The highest BCUT2D eigenvalue weighted by Crippen LogP contribution is 2.40. The van der Waals surface area contributed by atoms with Gasteiger partial charge in [0.25, 0.3) is 0 Å². The highest BCUT2D eigenvalue weighted by molar-refractivity contribution is 5.41. The Labute approximate surface area is 183 Å². The number of alkyl halides is 3. The minimum atomic E-state index is -4.71. The van der Waals surface area contributed by atoms with E-state index in [9.17, 15) is 13.2 Å². The SMILES string of the molecule is CCCCC(Cc1cc(OC(F)(F)F)ccc1OC)C1CCCNC1c1ccccc1. The quantitative estimate of drug-likeness (QED) is 0.476. The number of halogens is 3. The van der Waals surface area contributed by atoms with Crippen molar-refractivity contribution in [1.29, 1.82) is 0 Å². The number of rotatable bonds is 9. The number of unbranched alkanes of at least 4 members (excludes halogenated alkanes) is 1. The number of nitrogens with one attached hydrogen (secondary N) is 1. The highest BCUT2D eigenvalue weighted by atomic mass is 19.4. The fraction of sp³-hybridized carbons (Fsp3) is 0.520. The standard InChI is InChI=1S/C25H32F3NO2/c1-3-4-9-19(22-12-8-15-29-24(22)18-10-6-5-7-11-18)16-20-17-21(31-25(26,27)28)13-14-23(20)30-2/h5-7,10-11,13-14,17,19,22,24,29H,3-4,8-9,12,15-16H2,1-2H3. The first-order valence-electron chi connectivity index (χ1n) is 11.1. The van der Waals surface area contributed by atoms with E-state index in [0.717, 1.165) is 44.2 Å². The Morgan fingerprint density at radius 3 is 2.58 bits per heavy atom. The Kier molecular flexibility index (Phi) is 8.24. The van der Waals surface area contributed by atoms with E-state index in [1.807, 2.05) is 6.07 Å². The van der Waals surface area contributed by atoms with Crippen molar-refractivity contribution in [3.8, 4) is 11.5 Å². The maximum absolute atomic E-state index is 12.8. The number of benzene rings is 2. The summed E-state index contributed by atoms with van der Waals surface area (Å²) in [6, 6.07) is 15.1. The zero-order valence-corrected chi connectivity index (χ0v) is 18.3. The van der Waals surface area contributed by atoms with Gasteiger partial charge in [-0.2, -0.15) is 0 Å². The summed E-state index contributed by atoms with van der Waals surface area (Å²) >= 11 is 0. The second-order valence-electron chi connectivity index (χ2n) is 8.28. The molecular formula is C25H32F3NO2. The third-order valence-electron chi connectivity index (χ3n) is 6.17. The highest BCUT2D eigenvalue weighted by Gasteiger charge is 2.34. The number of methoxy groups -OCH3 is 1. The molecule has 2 aromatic rings. The molecule has 2 aromatic carbocycles. The normalized spacial score (nSPS) is 20.3. The summed E-state index contributed by atoms with van der Waals surface area (Å²) in [6.07, 6.45) is 1.35. The van der Waals surface area contributed by atoms with Gasteiger partial charge in [-0.25, -0.2) is 0 Å². The van der Waals surface area contributed by atoms with Gasteiger partial charge in [0.1, 0.15) is 11.5 Å². The van der Waals surface area contributed by atoms with Crippen molar-refractivity contribution in [2.45, 2.75) is 57.9 Å². The Morgan fingerprint density at radius 2 is 1.90 bits per heavy atom. The van der Waals surface area contributed by atoms with Gasteiger partial charge in [-0.05, 0) is 73.4 Å². The molecular weight excluding hydrogens is 403 g/mol. The summed E-state index contributed by atoms with van der Waals surface area (Å²) in [5.41, 5.74) is 2.04. The summed E-state index contributed by atoms with van der Waals surface area (Å²) in [5.74, 6) is 1.14. The van der Waals surface area contributed by atoms with E-state index in [-0.39, 0.29) is 11.8 Å². The predicted octanol–water partition coefficient (Wildman–Crippen LogP) is 6.68. The van der Waals surface area contributed by atoms with Gasteiger partial charge in [0.15, 0.2) is 0 Å². The molecule has 1 aliphatic heterocycles. The largest absolute Gasteiger partial charge is 0.573 e. The minimum absolute atomic E-state index is 0.195. The van der Waals surface area contributed by atoms with Crippen molar-refractivity contribution in [3.63, 3.8) is 0 Å². The van der Waals surface area contributed by atoms with Crippen molar-refractivity contribution in [1.82, 2.24) is 5.32 Å². The Bertz CT molecular complexity index is 810. The summed E-state index contributed by atoms with van der Waals surface area (Å²) in [7, 11) is 1.55. The summed E-state index contributed by atoms with van der Waals surface area (Å²) in [4.78, 5) is 0. The van der Waals surface area contributed by atoms with Gasteiger partial charge in [0.05, 0.1) is 7.11 Å². The maximum atomic E-state index is 12.8. The monoisotopic (exact) mass is 435 g/mol. The summed E-state index contributed by atoms with van der Waals surface area (Å²) < 4.78 is 47.9. The molecule has 3 rings (SSSR count). The van der Waals surface area contributed by atoms with Crippen LogP contribution in [-0.2, 0) is 6.42 Å². The maximum Gasteiger partial charge on any atom is 0.573 e. The second-order valence-corrected chi connectivity index (χ2v) is 8.28. The molecule has 3 nitrogen and oxygen atoms in total. The van der Waals surface area contributed by atoms with Crippen molar-refractivity contribution < 1.29 is 22.6 Å². The predicted molar refractivity (Wildman–Crippen MR) is 116 cm³/mol. The van der Waals surface area contributed by atoms with Crippen LogP contribution in [0.5, 0.6) is 11.5 Å². The molecule has 1 fully saturated rings. The van der Waals surface area contributed by atoms with Gasteiger partial charge in [-0.15, -0.1) is 13.2 Å². The Morgan fingerprint density at radius 1 is 1.13 bits per heavy atom. The van der Waals surface area contributed by atoms with Crippen LogP contribution >= 0.6 is 0 Å². The van der Waals surface area contributed by atoms with E-state index >= 15 is 0 Å². The van der Waals surface area contributed by atoms with Gasteiger partial charge < -0.3 is 14.8 Å². The van der Waals surface area contributed by atoms with Gasteiger partial charge in [-0.3, -0.25) is 0 Å². The molecule has 0 radical (unpaired) electrons. The van der Waals surface area contributed by atoms with Gasteiger partial charge >= 0.3 is 6.36 Å². The molecule has 1 N–H and O–H groups in total. The van der Waals surface area contributed by atoms with E-state index < -0.39 is 6.36 Å².